The minimum Gasteiger partial charge on any atom is -0.340 e. The fourth-order valence-electron chi connectivity index (χ4n) is 4.02. The Morgan fingerprint density at radius 1 is 1.16 bits per heavy atom. The molecule has 9 nitrogen and oxygen atoms in total. The number of hydrogen-bond donors (Lipinski definition) is 0. The molecule has 1 atom stereocenters. The van der Waals surface area contributed by atoms with Crippen LogP contribution in [-0.4, -0.2) is 47.8 Å². The smallest absolute Gasteiger partial charge is 0.340 e. The topological polar surface area (TPSA) is 95.0 Å². The van der Waals surface area contributed by atoms with Crippen molar-refractivity contribution in [3.05, 3.63) is 74.6 Å². The molecule has 1 aromatic carbocycles. The van der Waals surface area contributed by atoms with Crippen molar-refractivity contribution >= 4 is 5.91 Å². The zero-order chi connectivity index (χ0) is 22.1. The van der Waals surface area contributed by atoms with Gasteiger partial charge in [-0.25, -0.2) is 19.0 Å². The molecular weight excluding hydrogens is 396 g/mol. The minimum atomic E-state index is -0.211. The van der Waals surface area contributed by atoms with Gasteiger partial charge in [-0.3, -0.25) is 14.2 Å². The quantitative estimate of drug-likeness (QED) is 0.629. The standard InChI is InChI=1S/C22H26N6O3/c1-15-16(2)23-14-27(21(15)30)13-19(29)26-11-7-8-17(12-26)20-24-25(3)22(31)28(20)18-9-5-4-6-10-18/h4-6,9-10,14,17H,7-8,11-13H2,1-3H3/t17-/m1/s1. The fraction of sp³-hybridized carbons (Fsp3) is 0.409. The number of nitrogens with zero attached hydrogens (tertiary/aromatic N) is 6. The third kappa shape index (κ3) is 3.95. The van der Waals surface area contributed by atoms with E-state index in [0.29, 0.717) is 30.2 Å². The van der Waals surface area contributed by atoms with E-state index in [-0.39, 0.29) is 29.6 Å². The number of carbonyl (C=O) groups is 1. The Balaban J connectivity index is 1.58. The average molecular weight is 422 g/mol. The van der Waals surface area contributed by atoms with E-state index in [1.807, 2.05) is 30.3 Å². The second-order valence-corrected chi connectivity index (χ2v) is 8.00. The lowest BCUT2D eigenvalue weighted by Gasteiger charge is -2.32. The summed E-state index contributed by atoms with van der Waals surface area (Å²) in [6.45, 7) is 4.51. The van der Waals surface area contributed by atoms with Crippen LogP contribution in [0, 0.1) is 13.8 Å². The van der Waals surface area contributed by atoms with Crippen molar-refractivity contribution in [2.75, 3.05) is 13.1 Å². The van der Waals surface area contributed by atoms with Crippen LogP contribution < -0.4 is 11.2 Å². The van der Waals surface area contributed by atoms with Crippen LogP contribution in [0.1, 0.15) is 35.8 Å². The van der Waals surface area contributed by atoms with Gasteiger partial charge in [0.25, 0.3) is 5.56 Å². The van der Waals surface area contributed by atoms with Crippen molar-refractivity contribution in [1.29, 1.82) is 0 Å². The van der Waals surface area contributed by atoms with E-state index >= 15 is 0 Å². The second-order valence-electron chi connectivity index (χ2n) is 8.00. The summed E-state index contributed by atoms with van der Waals surface area (Å²) in [5.74, 6) is 0.448. The molecule has 1 aliphatic heterocycles. The van der Waals surface area contributed by atoms with Gasteiger partial charge in [0.05, 0.1) is 12.0 Å². The van der Waals surface area contributed by atoms with Crippen LogP contribution >= 0.6 is 0 Å². The highest BCUT2D eigenvalue weighted by atomic mass is 16.2. The molecular formula is C22H26N6O3. The maximum absolute atomic E-state index is 13.0. The molecule has 3 heterocycles. The number of benzene rings is 1. The summed E-state index contributed by atoms with van der Waals surface area (Å²) in [6, 6.07) is 9.40. The first-order valence-corrected chi connectivity index (χ1v) is 10.4. The van der Waals surface area contributed by atoms with Gasteiger partial charge in [-0.2, -0.15) is 5.10 Å². The van der Waals surface area contributed by atoms with E-state index < -0.39 is 0 Å². The van der Waals surface area contributed by atoms with Crippen molar-refractivity contribution < 1.29 is 4.79 Å². The molecule has 1 fully saturated rings. The molecule has 9 heteroatoms. The van der Waals surface area contributed by atoms with Crippen molar-refractivity contribution in [2.45, 2.75) is 39.2 Å². The van der Waals surface area contributed by atoms with Gasteiger partial charge in [0.2, 0.25) is 5.91 Å². The van der Waals surface area contributed by atoms with E-state index in [9.17, 15) is 14.4 Å². The maximum Gasteiger partial charge on any atom is 0.350 e. The zero-order valence-corrected chi connectivity index (χ0v) is 18.0. The number of amides is 1. The predicted octanol–water partition coefficient (Wildman–Crippen LogP) is 1.15. The highest BCUT2D eigenvalue weighted by Gasteiger charge is 2.30. The van der Waals surface area contributed by atoms with Crippen LogP contribution in [0.2, 0.25) is 0 Å². The Morgan fingerprint density at radius 3 is 2.65 bits per heavy atom. The molecule has 2 aromatic heterocycles. The molecule has 0 unspecified atom stereocenters. The average Bonchev–Trinajstić information content (AvgIpc) is 3.09. The molecule has 0 saturated carbocycles. The number of hydrogen-bond acceptors (Lipinski definition) is 5. The zero-order valence-electron chi connectivity index (χ0n) is 18.0. The van der Waals surface area contributed by atoms with Crippen molar-refractivity contribution in [3.63, 3.8) is 0 Å². The molecule has 1 aliphatic rings. The van der Waals surface area contributed by atoms with Gasteiger partial charge < -0.3 is 4.90 Å². The fourth-order valence-corrected chi connectivity index (χ4v) is 4.02. The van der Waals surface area contributed by atoms with Gasteiger partial charge in [-0.05, 0) is 38.8 Å². The lowest BCUT2D eigenvalue weighted by molar-refractivity contribution is -0.133. The van der Waals surface area contributed by atoms with E-state index in [2.05, 4.69) is 10.1 Å². The highest BCUT2D eigenvalue weighted by Crippen LogP contribution is 2.26. The molecule has 0 N–H and O–H groups in total. The largest absolute Gasteiger partial charge is 0.350 e. The number of likely N-dealkylation sites (tertiary alicyclic amines) is 1. The summed E-state index contributed by atoms with van der Waals surface area (Å²) >= 11 is 0. The van der Waals surface area contributed by atoms with Crippen LogP contribution in [0.5, 0.6) is 0 Å². The van der Waals surface area contributed by atoms with Crippen molar-refractivity contribution in [2.24, 2.45) is 7.05 Å². The normalized spacial score (nSPS) is 16.5. The molecule has 0 aliphatic carbocycles. The Hall–Kier alpha value is -3.49. The van der Waals surface area contributed by atoms with E-state index in [0.717, 1.165) is 18.5 Å². The van der Waals surface area contributed by atoms with Gasteiger partial charge >= 0.3 is 5.69 Å². The molecule has 0 spiro atoms. The molecule has 1 amide bonds. The van der Waals surface area contributed by atoms with Gasteiger partial charge in [0.15, 0.2) is 0 Å². The maximum atomic E-state index is 13.0. The third-order valence-corrected chi connectivity index (χ3v) is 5.92. The molecule has 1 saturated heterocycles. The van der Waals surface area contributed by atoms with Crippen LogP contribution in [0.4, 0.5) is 0 Å². The lowest BCUT2D eigenvalue weighted by Crippen LogP contribution is -2.43. The van der Waals surface area contributed by atoms with Crippen molar-refractivity contribution in [3.8, 4) is 5.69 Å². The minimum absolute atomic E-state index is 0.0482. The van der Waals surface area contributed by atoms with Crippen LogP contribution in [-0.2, 0) is 18.4 Å². The van der Waals surface area contributed by atoms with Gasteiger partial charge in [0, 0.05) is 37.3 Å². The van der Waals surface area contributed by atoms with Crippen LogP contribution in [0.3, 0.4) is 0 Å². The number of aryl methyl sites for hydroxylation is 2. The van der Waals surface area contributed by atoms with Crippen molar-refractivity contribution in [1.82, 2.24) is 28.8 Å². The summed E-state index contributed by atoms with van der Waals surface area (Å²) in [4.78, 5) is 44.1. The van der Waals surface area contributed by atoms with Crippen LogP contribution in [0.15, 0.2) is 46.2 Å². The first-order chi connectivity index (χ1) is 14.9. The molecule has 0 radical (unpaired) electrons. The number of aromatic nitrogens is 5. The second kappa shape index (κ2) is 8.33. The molecule has 31 heavy (non-hydrogen) atoms. The summed E-state index contributed by atoms with van der Waals surface area (Å²) in [5, 5.41) is 4.49. The Kier molecular flexibility index (Phi) is 5.58. The van der Waals surface area contributed by atoms with E-state index in [1.54, 1.807) is 30.4 Å². The number of carbonyl (C=O) groups excluding carboxylic acids is 1. The molecule has 0 bridgehead atoms. The predicted molar refractivity (Wildman–Crippen MR) is 115 cm³/mol. The summed E-state index contributed by atoms with van der Waals surface area (Å²) in [6.07, 6.45) is 3.06. The molecule has 4 rings (SSSR count). The molecule has 3 aromatic rings. The van der Waals surface area contributed by atoms with Gasteiger partial charge in [-0.1, -0.05) is 18.2 Å². The van der Waals surface area contributed by atoms with Gasteiger partial charge in [-0.15, -0.1) is 0 Å². The Bertz CT molecular complexity index is 1220. The lowest BCUT2D eigenvalue weighted by atomic mass is 9.97. The number of piperidine rings is 1. The highest BCUT2D eigenvalue weighted by molar-refractivity contribution is 5.76. The third-order valence-electron chi connectivity index (χ3n) is 5.92. The Labute approximate surface area is 179 Å². The number of para-hydroxylation sites is 1. The monoisotopic (exact) mass is 422 g/mol. The Morgan fingerprint density at radius 2 is 1.90 bits per heavy atom. The van der Waals surface area contributed by atoms with Gasteiger partial charge in [0.1, 0.15) is 12.4 Å². The van der Waals surface area contributed by atoms with Crippen LogP contribution in [0.25, 0.3) is 5.69 Å². The summed E-state index contributed by atoms with van der Waals surface area (Å²) in [7, 11) is 1.64. The number of rotatable bonds is 4. The first-order valence-electron chi connectivity index (χ1n) is 10.4. The molecule has 162 valence electrons. The first kappa shape index (κ1) is 20.8. The SMILES string of the molecule is Cc1ncn(CC(=O)N2CCC[C@@H](c3nn(C)c(=O)n3-c3ccccc3)C2)c(=O)c1C. The summed E-state index contributed by atoms with van der Waals surface area (Å²) in [5.41, 5.74) is 1.56. The van der Waals surface area contributed by atoms with E-state index in [4.69, 9.17) is 0 Å². The van der Waals surface area contributed by atoms with E-state index in [1.165, 1.54) is 15.6 Å². The summed E-state index contributed by atoms with van der Waals surface area (Å²) < 4.78 is 4.31.